The molecule has 3 unspecified atom stereocenters. The maximum Gasteiger partial charge on any atom is 0.222 e. The summed E-state index contributed by atoms with van der Waals surface area (Å²) < 4.78 is 16.3. The molecule has 0 spiro atoms. The summed E-state index contributed by atoms with van der Waals surface area (Å²) in [6.45, 7) is 2.38. The smallest absolute Gasteiger partial charge is 0.222 e. The van der Waals surface area contributed by atoms with E-state index < -0.39 is 12.4 Å². The van der Waals surface area contributed by atoms with Crippen LogP contribution < -0.4 is 0 Å². The first-order valence-corrected chi connectivity index (χ1v) is 3.31. The number of aliphatic hydroxyl groups is 1. The lowest BCUT2D eigenvalue weighted by molar-refractivity contribution is -0.319. The summed E-state index contributed by atoms with van der Waals surface area (Å²) >= 11 is 0. The van der Waals surface area contributed by atoms with Gasteiger partial charge >= 0.3 is 0 Å². The first kappa shape index (κ1) is 7.91. The van der Waals surface area contributed by atoms with Crippen molar-refractivity contribution in [2.45, 2.75) is 25.7 Å². The van der Waals surface area contributed by atoms with Gasteiger partial charge in [0.25, 0.3) is 0 Å². The molecule has 3 nitrogen and oxygen atoms in total. The second kappa shape index (κ2) is 3.27. The first-order chi connectivity index (χ1) is 4.74. The Morgan fingerprint density at radius 2 is 2.40 bits per heavy atom. The molecule has 0 amide bonds. The second-order valence-corrected chi connectivity index (χ2v) is 2.70. The number of ether oxygens (including phenoxy) is 1. The van der Waals surface area contributed by atoms with Crippen LogP contribution in [0.25, 0.3) is 0 Å². The number of hydrogen-bond acceptors (Lipinski definition) is 3. The molecule has 0 aliphatic carbocycles. The summed E-state index contributed by atoms with van der Waals surface area (Å²) in [6, 6.07) is 0. The van der Waals surface area contributed by atoms with E-state index in [4.69, 9.17) is 9.84 Å². The second-order valence-electron chi connectivity index (χ2n) is 2.70. The number of rotatable bonds is 1. The molecule has 1 saturated heterocycles. The third-order valence-corrected chi connectivity index (χ3v) is 1.59. The van der Waals surface area contributed by atoms with E-state index in [-0.39, 0.29) is 5.92 Å². The van der Waals surface area contributed by atoms with Gasteiger partial charge in [-0.15, -0.1) is 0 Å². The van der Waals surface area contributed by atoms with Gasteiger partial charge in [-0.25, -0.2) is 0 Å². The highest BCUT2D eigenvalue weighted by molar-refractivity contribution is 4.69. The molecule has 0 radical (unpaired) electrons. The summed E-state index contributed by atoms with van der Waals surface area (Å²) in [5.74, 6) is 0.279. The molecule has 10 heavy (non-hydrogen) atoms. The quantitative estimate of drug-likeness (QED) is 0.595. The largest absolute Gasteiger partial charge is 0.388 e. The first-order valence-electron chi connectivity index (χ1n) is 3.31. The molecule has 1 aliphatic rings. The molecule has 0 bridgehead atoms. The average Bonchev–Trinajstić information content (AvgIpc) is 1.88. The molecular weight excluding hydrogens is 139 g/mol. The van der Waals surface area contributed by atoms with Crippen LogP contribution in [0.5, 0.6) is 0 Å². The van der Waals surface area contributed by atoms with E-state index in [0.29, 0.717) is 13.0 Å². The van der Waals surface area contributed by atoms with Crippen LogP contribution in [0, 0.1) is 5.92 Å². The van der Waals surface area contributed by atoms with Crippen molar-refractivity contribution in [2.75, 3.05) is 6.61 Å². The Kier molecular flexibility index (Phi) is 2.59. The van der Waals surface area contributed by atoms with Crippen molar-refractivity contribution in [3.63, 3.8) is 0 Å². The molecule has 0 aromatic rings. The number of halogens is 1. The van der Waals surface area contributed by atoms with E-state index in [1.54, 1.807) is 0 Å². The lowest BCUT2D eigenvalue weighted by Gasteiger charge is -2.28. The average molecular weight is 150 g/mol. The third kappa shape index (κ3) is 1.65. The standard InChI is InChI=1S/C6H11FO3/c1-4-2-5(8)6(10-7)9-3-4/h4-6,8H,2-3H2,1H3. The molecule has 1 heterocycles. The van der Waals surface area contributed by atoms with Crippen LogP contribution in [-0.2, 0) is 9.68 Å². The third-order valence-electron chi connectivity index (χ3n) is 1.59. The van der Waals surface area contributed by atoms with Crippen LogP contribution in [0.4, 0.5) is 4.53 Å². The predicted molar refractivity (Wildman–Crippen MR) is 31.7 cm³/mol. The molecule has 0 aromatic carbocycles. The van der Waals surface area contributed by atoms with Crippen LogP contribution >= 0.6 is 0 Å². The molecule has 1 rings (SSSR count). The molecule has 3 atom stereocenters. The molecular formula is C6H11FO3. The summed E-state index contributed by atoms with van der Waals surface area (Å²) in [6.07, 6.45) is -1.36. The summed E-state index contributed by atoms with van der Waals surface area (Å²) in [7, 11) is 0. The van der Waals surface area contributed by atoms with Crippen LogP contribution in [-0.4, -0.2) is 24.1 Å². The Hall–Kier alpha value is -0.190. The fraction of sp³-hybridized carbons (Fsp3) is 1.00. The molecule has 1 aliphatic heterocycles. The van der Waals surface area contributed by atoms with E-state index in [0.717, 1.165) is 0 Å². The highest BCUT2D eigenvalue weighted by Gasteiger charge is 2.29. The molecule has 1 fully saturated rings. The van der Waals surface area contributed by atoms with Crippen LogP contribution in [0.15, 0.2) is 0 Å². The summed E-state index contributed by atoms with van der Waals surface area (Å²) in [5.41, 5.74) is 0. The van der Waals surface area contributed by atoms with E-state index in [1.165, 1.54) is 0 Å². The highest BCUT2D eigenvalue weighted by Crippen LogP contribution is 2.19. The van der Waals surface area contributed by atoms with Gasteiger partial charge in [0.1, 0.15) is 6.10 Å². The van der Waals surface area contributed by atoms with Crippen LogP contribution in [0.2, 0.25) is 0 Å². The lowest BCUT2D eigenvalue weighted by atomic mass is 10.0. The fourth-order valence-electron chi connectivity index (χ4n) is 1.05. The van der Waals surface area contributed by atoms with Crippen molar-refractivity contribution in [3.05, 3.63) is 0 Å². The monoisotopic (exact) mass is 150 g/mol. The predicted octanol–water partition coefficient (Wildman–Crippen LogP) is 0.631. The maximum atomic E-state index is 11.5. The van der Waals surface area contributed by atoms with Crippen molar-refractivity contribution in [2.24, 2.45) is 5.92 Å². The summed E-state index contributed by atoms with van der Waals surface area (Å²) in [5, 5.41) is 9.05. The molecule has 60 valence electrons. The van der Waals surface area contributed by atoms with Gasteiger partial charge in [-0.3, -0.25) is 0 Å². The Morgan fingerprint density at radius 3 is 2.90 bits per heavy atom. The van der Waals surface area contributed by atoms with Crippen molar-refractivity contribution in [3.8, 4) is 0 Å². The molecule has 0 aromatic heterocycles. The zero-order valence-corrected chi connectivity index (χ0v) is 5.79. The number of aliphatic hydroxyl groups excluding tert-OH is 1. The van der Waals surface area contributed by atoms with E-state index in [2.05, 4.69) is 4.94 Å². The van der Waals surface area contributed by atoms with Crippen molar-refractivity contribution in [1.82, 2.24) is 0 Å². The highest BCUT2D eigenvalue weighted by atomic mass is 19.3. The lowest BCUT2D eigenvalue weighted by Crippen LogP contribution is -2.38. The van der Waals surface area contributed by atoms with Gasteiger partial charge in [0.05, 0.1) is 6.61 Å². The van der Waals surface area contributed by atoms with Gasteiger partial charge in [0.2, 0.25) is 6.29 Å². The van der Waals surface area contributed by atoms with Crippen LogP contribution in [0.1, 0.15) is 13.3 Å². The van der Waals surface area contributed by atoms with Gasteiger partial charge in [0.15, 0.2) is 0 Å². The summed E-state index contributed by atoms with van der Waals surface area (Å²) in [4.78, 5) is 3.38. The van der Waals surface area contributed by atoms with Crippen LogP contribution in [0.3, 0.4) is 0 Å². The van der Waals surface area contributed by atoms with Crippen molar-refractivity contribution >= 4 is 0 Å². The van der Waals surface area contributed by atoms with E-state index in [1.807, 2.05) is 6.92 Å². The Labute approximate surface area is 58.6 Å². The topological polar surface area (TPSA) is 38.7 Å². The number of hydrogen-bond donors (Lipinski definition) is 1. The van der Waals surface area contributed by atoms with E-state index in [9.17, 15) is 4.53 Å². The van der Waals surface area contributed by atoms with Gasteiger partial charge in [-0.05, 0) is 16.9 Å². The zero-order chi connectivity index (χ0) is 7.56. The Bertz CT molecular complexity index is 109. The normalized spacial score (nSPS) is 41.7. The van der Waals surface area contributed by atoms with Gasteiger partial charge in [-0.2, -0.15) is 4.94 Å². The zero-order valence-electron chi connectivity index (χ0n) is 5.79. The fourth-order valence-corrected chi connectivity index (χ4v) is 1.05. The van der Waals surface area contributed by atoms with Gasteiger partial charge in [-0.1, -0.05) is 6.92 Å². The molecule has 4 heteroatoms. The van der Waals surface area contributed by atoms with Crippen molar-refractivity contribution in [1.29, 1.82) is 0 Å². The van der Waals surface area contributed by atoms with Gasteiger partial charge in [0, 0.05) is 0 Å². The molecule has 0 saturated carbocycles. The Morgan fingerprint density at radius 1 is 1.70 bits per heavy atom. The minimum absolute atomic E-state index is 0.279. The van der Waals surface area contributed by atoms with E-state index >= 15 is 0 Å². The Balaban J connectivity index is 2.36. The SMILES string of the molecule is CC1COC(OF)C(O)C1. The molecule has 1 N–H and O–H groups in total. The minimum Gasteiger partial charge on any atom is -0.388 e. The van der Waals surface area contributed by atoms with Crippen molar-refractivity contribution < 1.29 is 19.3 Å². The maximum absolute atomic E-state index is 11.5. The minimum atomic E-state index is -1.07. The van der Waals surface area contributed by atoms with Gasteiger partial charge < -0.3 is 9.84 Å².